The largest absolute Gasteiger partial charge is 0.404 e. The van der Waals surface area contributed by atoms with Crippen molar-refractivity contribution in [3.63, 3.8) is 0 Å². The number of hydrogen-bond acceptors (Lipinski definition) is 2. The summed E-state index contributed by atoms with van der Waals surface area (Å²) < 4.78 is 2.47. The number of aromatic nitrogens is 1. The van der Waals surface area contributed by atoms with E-state index in [0.717, 1.165) is 67.7 Å². The van der Waals surface area contributed by atoms with Crippen molar-refractivity contribution in [1.29, 1.82) is 0 Å². The second-order valence-electron chi connectivity index (χ2n) is 15.8. The van der Waals surface area contributed by atoms with Gasteiger partial charge < -0.3 is 15.6 Å². The average Bonchev–Trinajstić information content (AvgIpc) is 3.73. The van der Waals surface area contributed by atoms with Crippen LogP contribution in [0.2, 0.25) is 0 Å². The Morgan fingerprint density at radius 3 is 1.45 bits per heavy atom. The first-order chi connectivity index (χ1) is 32.2. The lowest BCUT2D eigenvalue weighted by Crippen LogP contribution is -2.00. The fourth-order valence-electron chi connectivity index (χ4n) is 8.83. The van der Waals surface area contributed by atoms with Gasteiger partial charge in [-0.25, -0.2) is 0 Å². The van der Waals surface area contributed by atoms with Crippen molar-refractivity contribution in [3.05, 3.63) is 272 Å². The summed E-state index contributed by atoms with van der Waals surface area (Å²) in [5.41, 5.74) is 23.8. The van der Waals surface area contributed by atoms with E-state index >= 15 is 0 Å². The van der Waals surface area contributed by atoms with Crippen LogP contribution in [0.3, 0.4) is 0 Å². The van der Waals surface area contributed by atoms with Crippen LogP contribution in [-0.4, -0.2) is 4.57 Å². The minimum Gasteiger partial charge on any atom is -0.404 e. The molecule has 65 heavy (non-hydrogen) atoms. The summed E-state index contributed by atoms with van der Waals surface area (Å²) in [6, 6.07) is 81.5. The molecular formula is C62H51N3. The molecule has 0 amide bonds. The normalized spacial score (nSPS) is 11.6. The summed E-state index contributed by atoms with van der Waals surface area (Å²) >= 11 is 0. The summed E-state index contributed by atoms with van der Waals surface area (Å²) in [6.45, 7) is 2.90. The molecule has 0 radical (unpaired) electrons. The molecule has 3 heteroatoms. The first kappa shape index (κ1) is 41.9. The lowest BCUT2D eigenvalue weighted by molar-refractivity contribution is 1.15. The van der Waals surface area contributed by atoms with Crippen molar-refractivity contribution in [2.75, 3.05) is 5.32 Å². The highest BCUT2D eigenvalue weighted by Gasteiger charge is 2.30. The van der Waals surface area contributed by atoms with Gasteiger partial charge in [0.15, 0.2) is 0 Å². The van der Waals surface area contributed by atoms with Gasteiger partial charge in [-0.15, -0.1) is 0 Å². The Balaban J connectivity index is 0.000000324. The first-order valence-electron chi connectivity index (χ1n) is 22.2. The third-order valence-corrected chi connectivity index (χ3v) is 11.7. The summed E-state index contributed by atoms with van der Waals surface area (Å²) in [6.07, 6.45) is 9.97. The van der Waals surface area contributed by atoms with Crippen LogP contribution in [0.15, 0.2) is 261 Å². The molecule has 0 spiro atoms. The van der Waals surface area contributed by atoms with Gasteiger partial charge in [-0.05, 0) is 81.8 Å². The SMILES string of the molecule is C/C=C/C=C\C(=C/N)c1cccc2c1c1c(-c3ccccc3)c(-c3ccccc3)c(-c3ccccc3)c(-c3ccccc3)c1n2-c1ccccc1.c1ccc(CNc2ccccc2)cc1. The number of nitrogens with two attached hydrogens (primary N) is 1. The van der Waals surface area contributed by atoms with E-state index in [0.29, 0.717) is 0 Å². The predicted octanol–water partition coefficient (Wildman–Crippen LogP) is 16.2. The van der Waals surface area contributed by atoms with Crippen molar-refractivity contribution in [2.45, 2.75) is 13.5 Å². The van der Waals surface area contributed by atoms with E-state index < -0.39 is 0 Å². The molecule has 314 valence electrons. The molecule has 0 atom stereocenters. The topological polar surface area (TPSA) is 43.0 Å². The van der Waals surface area contributed by atoms with Crippen molar-refractivity contribution in [2.24, 2.45) is 5.73 Å². The zero-order chi connectivity index (χ0) is 44.2. The molecule has 0 unspecified atom stereocenters. The van der Waals surface area contributed by atoms with Gasteiger partial charge in [0, 0.05) is 51.6 Å². The van der Waals surface area contributed by atoms with Gasteiger partial charge in [0.2, 0.25) is 0 Å². The third-order valence-electron chi connectivity index (χ3n) is 11.7. The molecule has 0 aliphatic heterocycles. The maximum Gasteiger partial charge on any atom is 0.0632 e. The molecule has 1 aromatic heterocycles. The molecular weight excluding hydrogens is 787 g/mol. The van der Waals surface area contributed by atoms with Crippen LogP contribution in [0.25, 0.3) is 77.6 Å². The van der Waals surface area contributed by atoms with Gasteiger partial charge in [0.1, 0.15) is 0 Å². The number of hydrogen-bond donors (Lipinski definition) is 2. The molecule has 0 aliphatic carbocycles. The van der Waals surface area contributed by atoms with Crippen molar-refractivity contribution in [1.82, 2.24) is 4.57 Å². The Morgan fingerprint density at radius 2 is 0.923 bits per heavy atom. The number of rotatable bonds is 11. The van der Waals surface area contributed by atoms with Crippen LogP contribution in [-0.2, 0) is 6.54 Å². The highest BCUT2D eigenvalue weighted by Crippen LogP contribution is 2.54. The number of para-hydroxylation sites is 2. The molecule has 3 nitrogen and oxygen atoms in total. The molecule has 9 aromatic carbocycles. The Hall–Kier alpha value is -8.40. The van der Waals surface area contributed by atoms with Gasteiger partial charge in [0.25, 0.3) is 0 Å². The number of fused-ring (bicyclic) bond motifs is 3. The van der Waals surface area contributed by atoms with Crippen LogP contribution in [0.1, 0.15) is 18.1 Å². The second-order valence-corrected chi connectivity index (χ2v) is 15.8. The van der Waals surface area contributed by atoms with E-state index in [1.165, 1.54) is 33.2 Å². The number of nitrogens with zero attached hydrogens (tertiary/aromatic N) is 1. The number of anilines is 1. The maximum atomic E-state index is 6.49. The molecule has 1 heterocycles. The third kappa shape index (κ3) is 8.95. The lowest BCUT2D eigenvalue weighted by Gasteiger charge is -2.24. The molecule has 0 aliphatic rings. The van der Waals surface area contributed by atoms with Crippen LogP contribution >= 0.6 is 0 Å². The smallest absolute Gasteiger partial charge is 0.0632 e. The van der Waals surface area contributed by atoms with Gasteiger partial charge in [0.05, 0.1) is 11.0 Å². The standard InChI is InChI=1S/C49H38N2.C13H13N/c1-2-3-9-29-39(34-50)41-32-20-33-42-47(41)48-45(37-25-14-6-15-26-37)43(35-21-10-4-11-22-35)44(36-23-12-5-13-24-36)46(38-27-16-7-17-28-38)49(48)51(42)40-30-18-8-19-31-40;1-3-7-12(8-4-1)11-14-13-9-5-2-6-10-13/h2-34H,50H2,1H3;1-10,14H,11H2/b3-2+,29-9-,39-34+;. The Bertz CT molecular complexity index is 3170. The molecule has 0 saturated heterocycles. The van der Waals surface area contributed by atoms with Crippen molar-refractivity contribution >= 4 is 33.1 Å². The van der Waals surface area contributed by atoms with Crippen molar-refractivity contribution < 1.29 is 0 Å². The molecule has 0 fully saturated rings. The van der Waals surface area contributed by atoms with E-state index in [1.54, 1.807) is 6.20 Å². The first-order valence-corrected chi connectivity index (χ1v) is 22.2. The van der Waals surface area contributed by atoms with E-state index in [-0.39, 0.29) is 0 Å². The van der Waals surface area contributed by atoms with E-state index in [4.69, 9.17) is 5.73 Å². The highest BCUT2D eigenvalue weighted by molar-refractivity contribution is 6.28. The summed E-state index contributed by atoms with van der Waals surface area (Å²) in [7, 11) is 0. The van der Waals surface area contributed by atoms with Gasteiger partial charge in [-0.1, -0.05) is 224 Å². The Labute approximate surface area is 382 Å². The Kier molecular flexibility index (Phi) is 13.0. The molecule has 10 aromatic rings. The summed E-state index contributed by atoms with van der Waals surface area (Å²) in [4.78, 5) is 0. The lowest BCUT2D eigenvalue weighted by atomic mass is 9.79. The molecule has 10 rings (SSSR count). The zero-order valence-electron chi connectivity index (χ0n) is 36.6. The fraction of sp³-hybridized carbons (Fsp3) is 0.0323. The van der Waals surface area contributed by atoms with Gasteiger partial charge in [-0.2, -0.15) is 0 Å². The number of allylic oxidation sites excluding steroid dienone is 5. The van der Waals surface area contributed by atoms with Gasteiger partial charge >= 0.3 is 0 Å². The predicted molar refractivity (Wildman–Crippen MR) is 279 cm³/mol. The van der Waals surface area contributed by atoms with Crippen LogP contribution in [0.4, 0.5) is 5.69 Å². The summed E-state index contributed by atoms with van der Waals surface area (Å²) in [5.74, 6) is 0. The Morgan fingerprint density at radius 1 is 0.462 bits per heavy atom. The van der Waals surface area contributed by atoms with Gasteiger partial charge in [-0.3, -0.25) is 0 Å². The second kappa shape index (κ2) is 20.2. The molecule has 3 N–H and O–H groups in total. The van der Waals surface area contributed by atoms with E-state index in [2.05, 4.69) is 228 Å². The fourth-order valence-corrected chi connectivity index (χ4v) is 8.83. The number of benzene rings is 9. The maximum absolute atomic E-state index is 6.49. The summed E-state index contributed by atoms with van der Waals surface area (Å²) in [5, 5.41) is 5.71. The number of nitrogens with one attached hydrogen (secondary N) is 1. The highest BCUT2D eigenvalue weighted by atomic mass is 15.0. The van der Waals surface area contributed by atoms with Crippen molar-refractivity contribution in [3.8, 4) is 50.2 Å². The minimum absolute atomic E-state index is 0.880. The van der Waals surface area contributed by atoms with E-state index in [1.807, 2.05) is 43.3 Å². The molecule has 0 saturated carbocycles. The van der Waals surface area contributed by atoms with E-state index in [9.17, 15) is 0 Å². The van der Waals surface area contributed by atoms with Crippen LogP contribution in [0.5, 0.6) is 0 Å². The zero-order valence-corrected chi connectivity index (χ0v) is 36.6. The molecule has 0 bridgehead atoms. The minimum atomic E-state index is 0.880. The van der Waals surface area contributed by atoms with Crippen LogP contribution in [0, 0.1) is 0 Å². The average molecular weight is 838 g/mol. The quantitative estimate of drug-likeness (QED) is 0.127. The monoisotopic (exact) mass is 837 g/mol. The van der Waals surface area contributed by atoms with Crippen LogP contribution < -0.4 is 11.1 Å².